The SMILES string of the molecule is CC(C)C(NC(=O)C(CC(N)=O)NC(=O)CNC(=O)C(N)CCC(N)=O)C(=O)O. The monoisotopic (exact) mass is 416 g/mol. The summed E-state index contributed by atoms with van der Waals surface area (Å²) in [6.07, 6.45) is -0.697. The molecule has 164 valence electrons. The third-order valence-corrected chi connectivity index (χ3v) is 3.75. The molecule has 0 aromatic carbocycles. The molecule has 0 fully saturated rings. The molecule has 0 aromatic rings. The predicted molar refractivity (Wildman–Crippen MR) is 99.6 cm³/mol. The number of rotatable bonds is 13. The van der Waals surface area contributed by atoms with Crippen molar-refractivity contribution in [2.24, 2.45) is 23.1 Å². The molecule has 0 saturated heterocycles. The van der Waals surface area contributed by atoms with Crippen molar-refractivity contribution in [2.75, 3.05) is 6.54 Å². The number of carbonyl (C=O) groups excluding carboxylic acids is 5. The van der Waals surface area contributed by atoms with Gasteiger partial charge >= 0.3 is 5.97 Å². The van der Waals surface area contributed by atoms with Crippen molar-refractivity contribution in [3.05, 3.63) is 0 Å². The summed E-state index contributed by atoms with van der Waals surface area (Å²) < 4.78 is 0. The maximum atomic E-state index is 12.3. The van der Waals surface area contributed by atoms with Crippen molar-refractivity contribution >= 4 is 35.5 Å². The molecule has 0 aliphatic rings. The van der Waals surface area contributed by atoms with E-state index < -0.39 is 72.5 Å². The molecule has 13 heteroatoms. The molecule has 0 aliphatic carbocycles. The minimum absolute atomic E-state index is 0.0126. The van der Waals surface area contributed by atoms with Gasteiger partial charge in [-0.1, -0.05) is 13.8 Å². The van der Waals surface area contributed by atoms with Crippen molar-refractivity contribution in [3.63, 3.8) is 0 Å². The number of aliphatic carboxylic acids is 1. The zero-order valence-corrected chi connectivity index (χ0v) is 16.3. The number of amides is 5. The molecule has 10 N–H and O–H groups in total. The summed E-state index contributed by atoms with van der Waals surface area (Å²) >= 11 is 0. The Kier molecular flexibility index (Phi) is 10.9. The van der Waals surface area contributed by atoms with Gasteiger partial charge in [0, 0.05) is 6.42 Å². The second-order valence-electron chi connectivity index (χ2n) is 6.69. The lowest BCUT2D eigenvalue weighted by molar-refractivity contribution is -0.143. The van der Waals surface area contributed by atoms with E-state index in [0.717, 1.165) is 0 Å². The summed E-state index contributed by atoms with van der Waals surface area (Å²) in [5, 5.41) is 15.8. The second-order valence-corrected chi connectivity index (χ2v) is 6.69. The Labute approximate surface area is 167 Å². The van der Waals surface area contributed by atoms with Crippen LogP contribution in [-0.4, -0.2) is 65.3 Å². The van der Waals surface area contributed by atoms with Gasteiger partial charge in [0.1, 0.15) is 12.1 Å². The largest absolute Gasteiger partial charge is 0.480 e. The molecule has 0 rings (SSSR count). The summed E-state index contributed by atoms with van der Waals surface area (Å²) in [5.74, 6) is -5.74. The molecule has 3 unspecified atom stereocenters. The maximum absolute atomic E-state index is 12.3. The second kappa shape index (κ2) is 12.3. The standard InChI is InChI=1S/C16H28N6O7/c1-7(2)13(16(28)29)22-15(27)9(5-11(19)24)21-12(25)6-20-14(26)8(17)3-4-10(18)23/h7-9,13H,3-6,17H2,1-2H3,(H2,18,23)(H2,19,24)(H,20,26)(H,21,25)(H,22,27)(H,28,29). The van der Waals surface area contributed by atoms with Gasteiger partial charge in [0.15, 0.2) is 0 Å². The van der Waals surface area contributed by atoms with Crippen LogP contribution in [0.4, 0.5) is 0 Å². The van der Waals surface area contributed by atoms with Crippen LogP contribution in [0, 0.1) is 5.92 Å². The minimum Gasteiger partial charge on any atom is -0.480 e. The van der Waals surface area contributed by atoms with Gasteiger partial charge in [-0.3, -0.25) is 24.0 Å². The molecular formula is C16H28N6O7. The van der Waals surface area contributed by atoms with Crippen molar-refractivity contribution in [1.29, 1.82) is 0 Å². The topological polar surface area (TPSA) is 237 Å². The first-order valence-corrected chi connectivity index (χ1v) is 8.77. The predicted octanol–water partition coefficient (Wildman–Crippen LogP) is -3.72. The number of primary amides is 2. The number of nitrogens with one attached hydrogen (secondary N) is 3. The number of nitrogens with two attached hydrogens (primary N) is 3. The van der Waals surface area contributed by atoms with E-state index in [4.69, 9.17) is 22.3 Å². The van der Waals surface area contributed by atoms with Gasteiger partial charge in [-0.15, -0.1) is 0 Å². The maximum Gasteiger partial charge on any atom is 0.326 e. The van der Waals surface area contributed by atoms with Gasteiger partial charge in [0.25, 0.3) is 0 Å². The molecule has 13 nitrogen and oxygen atoms in total. The van der Waals surface area contributed by atoms with E-state index in [2.05, 4.69) is 16.0 Å². The normalized spacial score (nSPS) is 13.7. The Balaban J connectivity index is 4.84. The van der Waals surface area contributed by atoms with E-state index in [0.29, 0.717) is 0 Å². The van der Waals surface area contributed by atoms with Gasteiger partial charge in [-0.2, -0.15) is 0 Å². The fraction of sp³-hybridized carbons (Fsp3) is 0.625. The lowest BCUT2D eigenvalue weighted by Gasteiger charge is -2.22. The van der Waals surface area contributed by atoms with E-state index in [1.165, 1.54) is 0 Å². The van der Waals surface area contributed by atoms with E-state index in [1.54, 1.807) is 13.8 Å². The third-order valence-electron chi connectivity index (χ3n) is 3.75. The molecule has 5 amide bonds. The van der Waals surface area contributed by atoms with Gasteiger partial charge in [-0.25, -0.2) is 4.79 Å². The molecule has 3 atom stereocenters. The molecule has 29 heavy (non-hydrogen) atoms. The molecule has 0 radical (unpaired) electrons. The molecule has 0 heterocycles. The van der Waals surface area contributed by atoms with Crippen LogP contribution in [0.3, 0.4) is 0 Å². The Morgan fingerprint density at radius 1 is 0.931 bits per heavy atom. The highest BCUT2D eigenvalue weighted by molar-refractivity contribution is 5.95. The summed E-state index contributed by atoms with van der Waals surface area (Å²) in [6.45, 7) is 2.56. The Hall–Kier alpha value is -3.22. The average Bonchev–Trinajstić information content (AvgIpc) is 2.60. The first-order chi connectivity index (χ1) is 13.3. The van der Waals surface area contributed by atoms with Crippen molar-refractivity contribution < 1.29 is 33.9 Å². The zero-order valence-electron chi connectivity index (χ0n) is 16.3. The third kappa shape index (κ3) is 10.6. The fourth-order valence-corrected chi connectivity index (χ4v) is 2.15. The van der Waals surface area contributed by atoms with Crippen LogP contribution in [-0.2, 0) is 28.8 Å². The Morgan fingerprint density at radius 3 is 1.97 bits per heavy atom. The van der Waals surface area contributed by atoms with Crippen LogP contribution >= 0.6 is 0 Å². The van der Waals surface area contributed by atoms with E-state index in [1.807, 2.05) is 0 Å². The first-order valence-electron chi connectivity index (χ1n) is 8.77. The molecule has 0 bridgehead atoms. The summed E-state index contributed by atoms with van der Waals surface area (Å²) in [4.78, 5) is 69.1. The molecule has 0 spiro atoms. The van der Waals surface area contributed by atoms with E-state index in [9.17, 15) is 28.8 Å². The van der Waals surface area contributed by atoms with Crippen LogP contribution in [0.1, 0.15) is 33.1 Å². The average molecular weight is 416 g/mol. The number of hydrogen-bond acceptors (Lipinski definition) is 7. The molecule has 0 aliphatic heterocycles. The molecule has 0 aromatic heterocycles. The van der Waals surface area contributed by atoms with Crippen LogP contribution in [0.15, 0.2) is 0 Å². The van der Waals surface area contributed by atoms with E-state index in [-0.39, 0.29) is 12.8 Å². The van der Waals surface area contributed by atoms with Gasteiger partial charge < -0.3 is 38.3 Å². The number of carbonyl (C=O) groups is 6. The Bertz CT molecular complexity index is 652. The summed E-state index contributed by atoms with van der Waals surface area (Å²) in [6, 6.07) is -3.74. The fourth-order valence-electron chi connectivity index (χ4n) is 2.15. The van der Waals surface area contributed by atoms with Crippen LogP contribution in [0.5, 0.6) is 0 Å². The highest BCUT2D eigenvalue weighted by Crippen LogP contribution is 2.03. The molecular weight excluding hydrogens is 388 g/mol. The molecule has 0 saturated carbocycles. The van der Waals surface area contributed by atoms with E-state index >= 15 is 0 Å². The minimum atomic E-state index is -1.43. The van der Waals surface area contributed by atoms with Crippen molar-refractivity contribution in [3.8, 4) is 0 Å². The zero-order chi connectivity index (χ0) is 22.7. The lowest BCUT2D eigenvalue weighted by Crippen LogP contribution is -2.55. The van der Waals surface area contributed by atoms with Crippen molar-refractivity contribution in [2.45, 2.75) is 51.2 Å². The number of carboxylic acids is 1. The van der Waals surface area contributed by atoms with Crippen molar-refractivity contribution in [1.82, 2.24) is 16.0 Å². The van der Waals surface area contributed by atoms with Gasteiger partial charge in [0.05, 0.1) is 19.0 Å². The lowest BCUT2D eigenvalue weighted by atomic mass is 10.0. The first kappa shape index (κ1) is 25.8. The summed E-state index contributed by atoms with van der Waals surface area (Å²) in [7, 11) is 0. The highest BCUT2D eigenvalue weighted by atomic mass is 16.4. The van der Waals surface area contributed by atoms with Crippen LogP contribution < -0.4 is 33.2 Å². The summed E-state index contributed by atoms with van der Waals surface area (Å²) in [5.41, 5.74) is 15.6. The highest BCUT2D eigenvalue weighted by Gasteiger charge is 2.29. The smallest absolute Gasteiger partial charge is 0.326 e. The number of hydrogen-bond donors (Lipinski definition) is 7. The van der Waals surface area contributed by atoms with Crippen LogP contribution in [0.25, 0.3) is 0 Å². The quantitative estimate of drug-likeness (QED) is 0.157. The van der Waals surface area contributed by atoms with Gasteiger partial charge in [-0.05, 0) is 12.3 Å². The Morgan fingerprint density at radius 2 is 1.52 bits per heavy atom. The van der Waals surface area contributed by atoms with Crippen LogP contribution in [0.2, 0.25) is 0 Å². The van der Waals surface area contributed by atoms with Gasteiger partial charge in [0.2, 0.25) is 29.5 Å². The number of carboxylic acid groups (broad SMARTS) is 1.